The van der Waals surface area contributed by atoms with Gasteiger partial charge >= 0.3 is 0 Å². The lowest BCUT2D eigenvalue weighted by molar-refractivity contribution is 1.17. The molecule has 5 nitrogen and oxygen atoms in total. The molecule has 0 aliphatic carbocycles. The van der Waals surface area contributed by atoms with E-state index in [1.807, 2.05) is 67.3 Å². The molecule has 0 fully saturated rings. The van der Waals surface area contributed by atoms with Crippen LogP contribution in [-0.2, 0) is 0 Å². The van der Waals surface area contributed by atoms with E-state index in [9.17, 15) is 5.26 Å². The minimum atomic E-state index is 0.622. The van der Waals surface area contributed by atoms with Gasteiger partial charge < -0.3 is 9.47 Å². The predicted molar refractivity (Wildman–Crippen MR) is 272 cm³/mol. The summed E-state index contributed by atoms with van der Waals surface area (Å²) in [5.74, 6) is 0. The third kappa shape index (κ3) is 6.91. The first-order valence-electron chi connectivity index (χ1n) is 22.1. The Balaban J connectivity index is 1.04. The van der Waals surface area contributed by atoms with E-state index in [0.29, 0.717) is 5.56 Å². The van der Waals surface area contributed by atoms with Crippen molar-refractivity contribution in [2.45, 2.75) is 0 Å². The van der Waals surface area contributed by atoms with E-state index in [0.717, 1.165) is 83.9 Å². The van der Waals surface area contributed by atoms with Crippen LogP contribution in [0.2, 0.25) is 0 Å². The molecule has 0 radical (unpaired) electrons. The van der Waals surface area contributed by atoms with Gasteiger partial charge in [-0.15, -0.1) is 0 Å². The van der Waals surface area contributed by atoms with Crippen molar-refractivity contribution in [3.8, 4) is 67.4 Å². The smallest absolute Gasteiger partial charge is 0.0991 e. The number of nitriles is 1. The van der Waals surface area contributed by atoms with Crippen molar-refractivity contribution in [2.75, 3.05) is 4.90 Å². The number of anilines is 3. The van der Waals surface area contributed by atoms with Crippen molar-refractivity contribution in [1.29, 1.82) is 5.26 Å². The van der Waals surface area contributed by atoms with Gasteiger partial charge in [-0.05, 0) is 164 Å². The fourth-order valence-electron chi connectivity index (χ4n) is 9.52. The first-order chi connectivity index (χ1) is 32.6. The minimum absolute atomic E-state index is 0.622. The molecular weight excluding hydrogens is 803 g/mol. The Hall–Kier alpha value is -9.11. The van der Waals surface area contributed by atoms with Crippen LogP contribution in [-0.4, -0.2) is 14.5 Å². The highest BCUT2D eigenvalue weighted by Crippen LogP contribution is 2.44. The van der Waals surface area contributed by atoms with Crippen LogP contribution in [0, 0.1) is 11.3 Å². The molecule has 0 bridgehead atoms. The van der Waals surface area contributed by atoms with Crippen LogP contribution < -0.4 is 4.90 Å². The van der Waals surface area contributed by atoms with Gasteiger partial charge in [-0.1, -0.05) is 103 Å². The standard InChI is InChI=1S/C61H39N5/c62-38-41-16-22-54(23-17-41)65(55-24-20-43(21-25-55)42-8-2-1-3-9-42)56-26-28-57(29-27-56)66-58-36-52(46-12-4-10-44(32-46)50-14-6-30-63-39-50)34-48-18-19-49-35-53(37-59(66)61(49)60(48)58)47-13-5-11-45(33-47)51-15-7-31-64-40-51/h1-37,39-40H. The van der Waals surface area contributed by atoms with Gasteiger partial charge in [-0.2, -0.15) is 5.26 Å². The van der Waals surface area contributed by atoms with Crippen LogP contribution in [0.3, 0.4) is 0 Å². The van der Waals surface area contributed by atoms with E-state index >= 15 is 0 Å². The number of hydrogen-bond donors (Lipinski definition) is 0. The van der Waals surface area contributed by atoms with E-state index < -0.39 is 0 Å². The van der Waals surface area contributed by atoms with Crippen LogP contribution >= 0.6 is 0 Å². The highest BCUT2D eigenvalue weighted by atomic mass is 15.1. The largest absolute Gasteiger partial charge is 0.311 e. The molecule has 12 aromatic rings. The average molecular weight is 842 g/mol. The zero-order valence-corrected chi connectivity index (χ0v) is 35.8. The van der Waals surface area contributed by atoms with Gasteiger partial charge in [0, 0.05) is 69.4 Å². The maximum absolute atomic E-state index is 9.66. The molecule has 0 saturated carbocycles. The quantitative estimate of drug-likeness (QED) is 0.136. The number of rotatable bonds is 9. The van der Waals surface area contributed by atoms with Gasteiger partial charge in [0.1, 0.15) is 0 Å². The van der Waals surface area contributed by atoms with Crippen LogP contribution in [0.5, 0.6) is 0 Å². The monoisotopic (exact) mass is 841 g/mol. The third-order valence-corrected chi connectivity index (χ3v) is 12.7. The summed E-state index contributed by atoms with van der Waals surface area (Å²) in [6, 6.07) is 77.7. The van der Waals surface area contributed by atoms with Crippen molar-refractivity contribution < 1.29 is 0 Å². The predicted octanol–water partition coefficient (Wildman–Crippen LogP) is 15.8. The highest BCUT2D eigenvalue weighted by molar-refractivity contribution is 6.25. The lowest BCUT2D eigenvalue weighted by Crippen LogP contribution is -2.10. The summed E-state index contributed by atoms with van der Waals surface area (Å²) in [5.41, 5.74) is 18.3. The van der Waals surface area contributed by atoms with Gasteiger partial charge in [0.05, 0.1) is 22.7 Å². The van der Waals surface area contributed by atoms with E-state index in [-0.39, 0.29) is 0 Å². The number of benzene rings is 9. The van der Waals surface area contributed by atoms with Crippen LogP contribution in [0.25, 0.3) is 93.9 Å². The maximum Gasteiger partial charge on any atom is 0.0991 e. The van der Waals surface area contributed by atoms with E-state index in [1.54, 1.807) is 0 Å². The molecule has 9 aromatic carbocycles. The third-order valence-electron chi connectivity index (χ3n) is 12.7. The average Bonchev–Trinajstić information content (AvgIpc) is 3.74. The van der Waals surface area contributed by atoms with Gasteiger partial charge in [0.15, 0.2) is 0 Å². The van der Waals surface area contributed by atoms with E-state index in [1.165, 1.54) is 27.1 Å². The molecule has 3 heterocycles. The lowest BCUT2D eigenvalue weighted by Gasteiger charge is -2.26. The van der Waals surface area contributed by atoms with Crippen LogP contribution in [0.4, 0.5) is 17.1 Å². The van der Waals surface area contributed by atoms with Crippen molar-refractivity contribution in [1.82, 2.24) is 14.5 Å². The Kier molecular flexibility index (Phi) is 9.48. The summed E-state index contributed by atoms with van der Waals surface area (Å²) in [4.78, 5) is 11.1. The van der Waals surface area contributed by atoms with Crippen molar-refractivity contribution >= 4 is 49.6 Å². The zero-order valence-electron chi connectivity index (χ0n) is 35.8. The molecule has 0 aliphatic rings. The SMILES string of the molecule is N#Cc1ccc(N(c2ccc(-c3ccccc3)cc2)c2ccc(-n3c4cc(-c5cccc(-c6cccnc6)c5)cc5ccc6cc(-c7cccc(-c8cccnc8)c7)cc3c6c54)cc2)cc1. The Labute approximate surface area is 382 Å². The Morgan fingerprint density at radius 2 is 0.803 bits per heavy atom. The molecule has 308 valence electrons. The van der Waals surface area contributed by atoms with Gasteiger partial charge in [0.2, 0.25) is 0 Å². The van der Waals surface area contributed by atoms with Gasteiger partial charge in [-0.25, -0.2) is 0 Å². The number of nitrogens with zero attached hydrogens (tertiary/aromatic N) is 5. The molecule has 0 spiro atoms. The van der Waals surface area contributed by atoms with Crippen LogP contribution in [0.1, 0.15) is 5.56 Å². The molecule has 3 aromatic heterocycles. The number of aromatic nitrogens is 3. The second-order valence-corrected chi connectivity index (χ2v) is 16.7. The summed E-state index contributed by atoms with van der Waals surface area (Å²) in [6.45, 7) is 0. The summed E-state index contributed by atoms with van der Waals surface area (Å²) in [6.07, 6.45) is 7.47. The molecule has 66 heavy (non-hydrogen) atoms. The second-order valence-electron chi connectivity index (χ2n) is 16.7. The maximum atomic E-state index is 9.66. The fraction of sp³-hybridized carbons (Fsp3) is 0. The van der Waals surface area contributed by atoms with Gasteiger partial charge in [-0.3, -0.25) is 9.97 Å². The number of pyridine rings is 2. The first kappa shape index (κ1) is 38.6. The highest BCUT2D eigenvalue weighted by Gasteiger charge is 2.21. The zero-order chi connectivity index (χ0) is 44.0. The van der Waals surface area contributed by atoms with Gasteiger partial charge in [0.25, 0.3) is 0 Å². The summed E-state index contributed by atoms with van der Waals surface area (Å²) in [5, 5.41) is 14.5. The normalized spacial score (nSPS) is 11.3. The topological polar surface area (TPSA) is 57.7 Å². The second kappa shape index (κ2) is 16.2. The van der Waals surface area contributed by atoms with E-state index in [2.05, 4.69) is 195 Å². The molecule has 5 heteroatoms. The fourth-order valence-corrected chi connectivity index (χ4v) is 9.52. The first-order valence-corrected chi connectivity index (χ1v) is 22.1. The molecule has 0 atom stereocenters. The molecule has 0 saturated heterocycles. The Morgan fingerprint density at radius 3 is 1.29 bits per heavy atom. The Bertz CT molecular complexity index is 3570. The molecule has 0 amide bonds. The molecular formula is C61H39N5. The van der Waals surface area contributed by atoms with Crippen molar-refractivity contribution in [2.24, 2.45) is 0 Å². The Morgan fingerprint density at radius 1 is 0.364 bits per heavy atom. The minimum Gasteiger partial charge on any atom is -0.311 e. The lowest BCUT2D eigenvalue weighted by atomic mass is 9.94. The van der Waals surface area contributed by atoms with Crippen molar-refractivity contribution in [3.05, 3.63) is 243 Å². The summed E-state index contributed by atoms with van der Waals surface area (Å²) in [7, 11) is 0. The molecule has 0 N–H and O–H groups in total. The van der Waals surface area contributed by atoms with E-state index in [4.69, 9.17) is 0 Å². The number of hydrogen-bond acceptors (Lipinski definition) is 4. The molecule has 0 aliphatic heterocycles. The molecule has 0 unspecified atom stereocenters. The summed E-state index contributed by atoms with van der Waals surface area (Å²) >= 11 is 0. The molecule has 12 rings (SSSR count). The van der Waals surface area contributed by atoms with Crippen LogP contribution in [0.15, 0.2) is 237 Å². The van der Waals surface area contributed by atoms with Crippen molar-refractivity contribution in [3.63, 3.8) is 0 Å². The summed E-state index contributed by atoms with van der Waals surface area (Å²) < 4.78 is 2.44.